The van der Waals surface area contributed by atoms with Crippen LogP contribution in [0.4, 0.5) is 0 Å². The van der Waals surface area contributed by atoms with Crippen LogP contribution < -0.4 is 0 Å². The van der Waals surface area contributed by atoms with Crippen LogP contribution in [0, 0.1) is 0 Å². The first kappa shape index (κ1) is 7.25. The summed E-state index contributed by atoms with van der Waals surface area (Å²) in [4.78, 5) is 0. The number of hydrogen-bond acceptors (Lipinski definition) is 0. The monoisotopic (exact) mass is 134 g/mol. The van der Waals surface area contributed by atoms with Crippen LogP contribution in [0.2, 0.25) is 13.1 Å². The molecule has 0 bridgehead atoms. The first-order valence-electron chi connectivity index (χ1n) is 2.29. The van der Waals surface area contributed by atoms with Crippen molar-refractivity contribution >= 4 is 18.5 Å². The van der Waals surface area contributed by atoms with Gasteiger partial charge in [-0.15, -0.1) is 6.58 Å². The first-order chi connectivity index (χ1) is 2.94. The molecule has 0 aromatic carbocycles. The molecule has 0 aromatic rings. The van der Waals surface area contributed by atoms with E-state index in [0.717, 1.165) is 5.20 Å². The fourth-order valence-electron chi connectivity index (χ4n) is 0. The van der Waals surface area contributed by atoms with Gasteiger partial charge < -0.3 is 0 Å². The van der Waals surface area contributed by atoms with Gasteiger partial charge in [0.25, 0.3) is 0 Å². The van der Waals surface area contributed by atoms with Crippen LogP contribution >= 0.6 is 11.1 Å². The Morgan fingerprint density at radius 1 is 1.57 bits per heavy atom. The molecule has 0 rings (SSSR count). The Labute approximate surface area is 50.9 Å². The second-order valence-corrected chi connectivity index (χ2v) is 8.89. The van der Waals surface area contributed by atoms with Crippen molar-refractivity contribution in [2.45, 2.75) is 20.0 Å². The summed E-state index contributed by atoms with van der Waals surface area (Å²) in [5, 5.41) is 1.15. The highest BCUT2D eigenvalue weighted by Gasteiger charge is 2.16. The second kappa shape index (κ2) is 2.01. The molecule has 0 amide bonds. The lowest BCUT2D eigenvalue weighted by Gasteiger charge is -2.10. The quantitative estimate of drug-likeness (QED) is 0.382. The maximum absolute atomic E-state index is 5.91. The third-order valence-electron chi connectivity index (χ3n) is 1.01. The Morgan fingerprint density at radius 2 is 1.71 bits per heavy atom. The van der Waals surface area contributed by atoms with Crippen LogP contribution in [-0.4, -0.2) is 7.38 Å². The Hall–Kier alpha value is 0.247. The van der Waals surface area contributed by atoms with E-state index in [1.807, 2.05) is 6.92 Å². The molecule has 0 saturated heterocycles. The molecule has 2 heteroatoms. The minimum atomic E-state index is -1.46. The summed E-state index contributed by atoms with van der Waals surface area (Å²) < 4.78 is 0. The highest BCUT2D eigenvalue weighted by atomic mass is 35.6. The summed E-state index contributed by atoms with van der Waals surface area (Å²) >= 11 is 5.91. The van der Waals surface area contributed by atoms with Gasteiger partial charge in [0, 0.05) is 0 Å². The van der Waals surface area contributed by atoms with Crippen molar-refractivity contribution in [1.82, 2.24) is 0 Å². The van der Waals surface area contributed by atoms with Crippen molar-refractivity contribution in [1.29, 1.82) is 0 Å². The lowest BCUT2D eigenvalue weighted by Crippen LogP contribution is -2.17. The van der Waals surface area contributed by atoms with E-state index < -0.39 is 7.38 Å². The van der Waals surface area contributed by atoms with E-state index in [9.17, 15) is 0 Å². The van der Waals surface area contributed by atoms with Crippen LogP contribution in [0.15, 0.2) is 11.8 Å². The van der Waals surface area contributed by atoms with Gasteiger partial charge in [0.1, 0.15) is 0 Å². The van der Waals surface area contributed by atoms with Crippen molar-refractivity contribution in [2.24, 2.45) is 0 Å². The third kappa shape index (κ3) is 2.89. The highest BCUT2D eigenvalue weighted by molar-refractivity contribution is 7.22. The average Bonchev–Trinajstić information content (AvgIpc) is 1.31. The molecule has 0 atom stereocenters. The number of allylic oxidation sites excluding steroid dienone is 1. The summed E-state index contributed by atoms with van der Waals surface area (Å²) in [5.41, 5.74) is 0. The summed E-state index contributed by atoms with van der Waals surface area (Å²) in [6.45, 7) is 9.87. The van der Waals surface area contributed by atoms with Gasteiger partial charge in [-0.2, -0.15) is 11.1 Å². The fraction of sp³-hybridized carbons (Fsp3) is 0.600. The average molecular weight is 135 g/mol. The molecule has 0 spiro atoms. The Balaban J connectivity index is 3.79. The van der Waals surface area contributed by atoms with Crippen molar-refractivity contribution < 1.29 is 0 Å². The molecule has 0 aliphatic rings. The topological polar surface area (TPSA) is 0 Å². The summed E-state index contributed by atoms with van der Waals surface area (Å²) in [6, 6.07) is 0. The minimum Gasteiger partial charge on any atom is -0.162 e. The smallest absolute Gasteiger partial charge is 0.162 e. The van der Waals surface area contributed by atoms with E-state index in [0.29, 0.717) is 0 Å². The lowest BCUT2D eigenvalue weighted by atomic mass is 10.8. The van der Waals surface area contributed by atoms with Gasteiger partial charge in [-0.25, -0.2) is 0 Å². The van der Waals surface area contributed by atoms with Crippen LogP contribution in [0.3, 0.4) is 0 Å². The van der Waals surface area contributed by atoms with E-state index in [1.54, 1.807) is 0 Å². The van der Waals surface area contributed by atoms with E-state index in [-0.39, 0.29) is 0 Å². The Bertz CT molecular complexity index is 80.6. The van der Waals surface area contributed by atoms with E-state index in [4.69, 9.17) is 11.1 Å². The van der Waals surface area contributed by atoms with E-state index >= 15 is 0 Å². The van der Waals surface area contributed by atoms with Gasteiger partial charge in [-0.05, 0) is 6.92 Å². The molecular weight excluding hydrogens is 124 g/mol. The maximum Gasteiger partial charge on any atom is 0.176 e. The molecule has 7 heavy (non-hydrogen) atoms. The third-order valence-corrected chi connectivity index (χ3v) is 4.01. The van der Waals surface area contributed by atoms with Gasteiger partial charge in [0.15, 0.2) is 7.38 Å². The van der Waals surface area contributed by atoms with Crippen LogP contribution in [0.5, 0.6) is 0 Å². The van der Waals surface area contributed by atoms with Crippen molar-refractivity contribution in [3.05, 3.63) is 11.8 Å². The summed E-state index contributed by atoms with van der Waals surface area (Å²) in [7, 11) is -1.46. The summed E-state index contributed by atoms with van der Waals surface area (Å²) in [5.74, 6) is 0. The predicted molar refractivity (Wildman–Crippen MR) is 38.1 cm³/mol. The van der Waals surface area contributed by atoms with Crippen molar-refractivity contribution in [3.63, 3.8) is 0 Å². The molecule has 0 aliphatic heterocycles. The normalized spacial score (nSPS) is 11.4. The second-order valence-electron chi connectivity index (χ2n) is 2.25. The Kier molecular flexibility index (Phi) is 2.08. The largest absolute Gasteiger partial charge is 0.176 e. The molecule has 0 saturated carbocycles. The molecule has 0 nitrogen and oxygen atoms in total. The van der Waals surface area contributed by atoms with Crippen molar-refractivity contribution in [2.75, 3.05) is 0 Å². The van der Waals surface area contributed by atoms with E-state index in [1.165, 1.54) is 0 Å². The molecule has 0 heterocycles. The molecule has 0 aliphatic carbocycles. The lowest BCUT2D eigenvalue weighted by molar-refractivity contribution is 1.62. The molecule has 0 unspecified atom stereocenters. The zero-order valence-electron chi connectivity index (χ0n) is 5.09. The van der Waals surface area contributed by atoms with Gasteiger partial charge in [-0.3, -0.25) is 0 Å². The standard InChI is InChI=1S/C5H11ClSi/c1-5(2)7(3,4)6/h1H2,2-4H3. The Morgan fingerprint density at radius 3 is 1.71 bits per heavy atom. The van der Waals surface area contributed by atoms with Crippen molar-refractivity contribution in [3.8, 4) is 0 Å². The molecule has 0 N–H and O–H groups in total. The molecule has 42 valence electrons. The van der Waals surface area contributed by atoms with Crippen LogP contribution in [-0.2, 0) is 0 Å². The SMILES string of the molecule is C=C(C)[Si](C)(C)Cl. The van der Waals surface area contributed by atoms with Crippen LogP contribution in [0.1, 0.15) is 6.92 Å². The highest BCUT2D eigenvalue weighted by Crippen LogP contribution is 2.15. The maximum atomic E-state index is 5.91. The fourth-order valence-corrected chi connectivity index (χ4v) is 0. The van der Waals surface area contributed by atoms with Gasteiger partial charge >= 0.3 is 0 Å². The molecule has 0 radical (unpaired) electrons. The number of hydrogen-bond donors (Lipinski definition) is 0. The molecule has 0 fully saturated rings. The predicted octanol–water partition coefficient (Wildman–Crippen LogP) is 2.55. The van der Waals surface area contributed by atoms with Crippen LogP contribution in [0.25, 0.3) is 0 Å². The summed E-state index contributed by atoms with van der Waals surface area (Å²) in [6.07, 6.45) is 0. The van der Waals surface area contributed by atoms with Gasteiger partial charge in [0.2, 0.25) is 0 Å². The first-order valence-corrected chi connectivity index (χ1v) is 6.30. The number of rotatable bonds is 1. The zero-order valence-corrected chi connectivity index (χ0v) is 6.84. The van der Waals surface area contributed by atoms with Gasteiger partial charge in [-0.1, -0.05) is 18.3 Å². The zero-order chi connectivity index (χ0) is 6.08. The molecular formula is C5H11ClSi. The minimum absolute atomic E-state index is 1.15. The van der Waals surface area contributed by atoms with Gasteiger partial charge in [0.05, 0.1) is 0 Å². The molecule has 0 aromatic heterocycles. The van der Waals surface area contributed by atoms with E-state index in [2.05, 4.69) is 19.7 Å². The number of halogens is 1.